The van der Waals surface area contributed by atoms with Crippen molar-refractivity contribution in [3.63, 3.8) is 0 Å². The van der Waals surface area contributed by atoms with Crippen LogP contribution in [0, 0.1) is 5.41 Å². The quantitative estimate of drug-likeness (QED) is 0.533. The average Bonchev–Trinajstić information content (AvgIpc) is 2.65. The van der Waals surface area contributed by atoms with Crippen LogP contribution in [0.3, 0.4) is 0 Å². The molecule has 1 saturated heterocycles. The first kappa shape index (κ1) is 23.5. The Morgan fingerprint density at radius 1 is 1.17 bits per heavy atom. The monoisotopic (exact) mass is 434 g/mol. The summed E-state index contributed by atoms with van der Waals surface area (Å²) in [6.45, 7) is 4.59. The van der Waals surface area contributed by atoms with Crippen molar-refractivity contribution in [2.75, 3.05) is 26.7 Å². The standard InChI is InChI=1S/C19H29F3N4O2S/c1-18(2,13-15-7-5-4-6-8-15)14-24-17(23-3)25-16-9-11-26(12-10-16)29(27,28)19(20,21)22/h4-8,16H,9-14H2,1-3H3,(H2,23,24,25). The van der Waals surface area contributed by atoms with Gasteiger partial charge in [-0.1, -0.05) is 44.2 Å². The summed E-state index contributed by atoms with van der Waals surface area (Å²) in [5.74, 6) is 0.559. The van der Waals surface area contributed by atoms with Crippen molar-refractivity contribution in [2.24, 2.45) is 10.4 Å². The molecule has 0 atom stereocenters. The molecule has 0 spiro atoms. The van der Waals surface area contributed by atoms with Crippen molar-refractivity contribution in [3.05, 3.63) is 35.9 Å². The largest absolute Gasteiger partial charge is 0.511 e. The number of hydrogen-bond donors (Lipinski definition) is 2. The first-order chi connectivity index (χ1) is 13.4. The molecule has 164 valence electrons. The Labute approximate surface area is 170 Å². The van der Waals surface area contributed by atoms with Crippen molar-refractivity contribution in [1.29, 1.82) is 0 Å². The van der Waals surface area contributed by atoms with E-state index in [-0.39, 0.29) is 37.4 Å². The van der Waals surface area contributed by atoms with Crippen LogP contribution >= 0.6 is 0 Å². The molecule has 2 N–H and O–H groups in total. The second-order valence-electron chi connectivity index (χ2n) is 8.02. The van der Waals surface area contributed by atoms with Crippen molar-refractivity contribution < 1.29 is 21.6 Å². The second kappa shape index (κ2) is 9.34. The van der Waals surface area contributed by atoms with Crippen LogP contribution < -0.4 is 10.6 Å². The van der Waals surface area contributed by atoms with Gasteiger partial charge in [-0.15, -0.1) is 0 Å². The number of hydrogen-bond acceptors (Lipinski definition) is 3. The molecule has 1 aromatic carbocycles. The maximum atomic E-state index is 12.7. The molecule has 1 aromatic rings. The van der Waals surface area contributed by atoms with E-state index in [1.807, 2.05) is 18.2 Å². The lowest BCUT2D eigenvalue weighted by Crippen LogP contribution is -2.52. The number of aliphatic imine (C=N–C) groups is 1. The highest BCUT2D eigenvalue weighted by molar-refractivity contribution is 7.90. The molecule has 0 aromatic heterocycles. The summed E-state index contributed by atoms with van der Waals surface area (Å²) in [7, 11) is -3.63. The summed E-state index contributed by atoms with van der Waals surface area (Å²) < 4.78 is 61.5. The summed E-state index contributed by atoms with van der Waals surface area (Å²) in [5.41, 5.74) is -4.06. The van der Waals surface area contributed by atoms with Gasteiger partial charge in [-0.2, -0.15) is 17.5 Å². The zero-order valence-electron chi connectivity index (χ0n) is 17.0. The minimum absolute atomic E-state index is 0.0386. The predicted octanol–water partition coefficient (Wildman–Crippen LogP) is 2.73. The minimum atomic E-state index is -5.26. The second-order valence-corrected chi connectivity index (χ2v) is 9.95. The highest BCUT2D eigenvalue weighted by Crippen LogP contribution is 2.29. The molecule has 0 saturated carbocycles. The molecule has 6 nitrogen and oxygen atoms in total. The summed E-state index contributed by atoms with van der Waals surface area (Å²) in [6, 6.07) is 10.0. The highest BCUT2D eigenvalue weighted by Gasteiger charge is 2.50. The van der Waals surface area contributed by atoms with Crippen LogP contribution in [0.4, 0.5) is 13.2 Å². The van der Waals surface area contributed by atoms with Gasteiger partial charge < -0.3 is 10.6 Å². The van der Waals surface area contributed by atoms with Crippen LogP contribution in [0.25, 0.3) is 0 Å². The summed E-state index contributed by atoms with van der Waals surface area (Å²) >= 11 is 0. The van der Waals surface area contributed by atoms with Gasteiger partial charge in [-0.3, -0.25) is 4.99 Å². The van der Waals surface area contributed by atoms with E-state index in [1.165, 1.54) is 5.56 Å². The number of sulfonamides is 1. The lowest BCUT2D eigenvalue weighted by molar-refractivity contribution is -0.0494. The van der Waals surface area contributed by atoms with E-state index < -0.39 is 15.5 Å². The molecular weight excluding hydrogens is 405 g/mol. The number of rotatable bonds is 6. The van der Waals surface area contributed by atoms with Gasteiger partial charge in [0.2, 0.25) is 0 Å². The number of benzene rings is 1. The van der Waals surface area contributed by atoms with E-state index in [0.29, 0.717) is 16.8 Å². The Hall–Kier alpha value is -1.81. The fourth-order valence-corrected chi connectivity index (χ4v) is 4.29. The predicted molar refractivity (Wildman–Crippen MR) is 108 cm³/mol. The van der Waals surface area contributed by atoms with E-state index in [4.69, 9.17) is 0 Å². The zero-order chi connectivity index (χ0) is 21.7. The Kier molecular flexibility index (Phi) is 7.56. The Morgan fingerprint density at radius 2 is 1.76 bits per heavy atom. The van der Waals surface area contributed by atoms with Crippen LogP contribution in [0.15, 0.2) is 35.3 Å². The van der Waals surface area contributed by atoms with Gasteiger partial charge in [0.05, 0.1) is 0 Å². The van der Waals surface area contributed by atoms with Crippen LogP contribution in [-0.2, 0) is 16.4 Å². The van der Waals surface area contributed by atoms with E-state index in [9.17, 15) is 21.6 Å². The van der Waals surface area contributed by atoms with Crippen LogP contribution in [0.5, 0.6) is 0 Å². The topological polar surface area (TPSA) is 73.8 Å². The lowest BCUT2D eigenvalue weighted by Gasteiger charge is -2.33. The molecule has 0 aliphatic carbocycles. The van der Waals surface area contributed by atoms with Crippen LogP contribution in [0.2, 0.25) is 0 Å². The maximum Gasteiger partial charge on any atom is 0.511 e. The number of alkyl halides is 3. The van der Waals surface area contributed by atoms with Gasteiger partial charge in [0.15, 0.2) is 5.96 Å². The van der Waals surface area contributed by atoms with Crippen LogP contribution in [0.1, 0.15) is 32.3 Å². The summed E-state index contributed by atoms with van der Waals surface area (Å²) in [5, 5.41) is 6.46. The molecule has 2 rings (SSSR count). The third-order valence-electron chi connectivity index (χ3n) is 4.91. The van der Waals surface area contributed by atoms with Gasteiger partial charge in [0.25, 0.3) is 0 Å². The molecule has 0 amide bonds. The first-order valence-electron chi connectivity index (χ1n) is 9.52. The molecule has 1 heterocycles. The lowest BCUT2D eigenvalue weighted by atomic mass is 9.86. The number of nitrogens with zero attached hydrogens (tertiary/aromatic N) is 2. The fourth-order valence-electron chi connectivity index (χ4n) is 3.31. The van der Waals surface area contributed by atoms with E-state index in [1.54, 1.807) is 7.05 Å². The maximum absolute atomic E-state index is 12.7. The van der Waals surface area contributed by atoms with Gasteiger partial charge >= 0.3 is 15.5 Å². The number of halogens is 3. The molecule has 10 heteroatoms. The van der Waals surface area contributed by atoms with Crippen molar-refractivity contribution in [3.8, 4) is 0 Å². The Balaban J connectivity index is 1.84. The Bertz CT molecular complexity index is 787. The van der Waals surface area contributed by atoms with E-state index >= 15 is 0 Å². The summed E-state index contributed by atoms with van der Waals surface area (Å²) in [6.07, 6.45) is 1.44. The fraction of sp³-hybridized carbons (Fsp3) is 0.632. The number of nitrogens with one attached hydrogen (secondary N) is 2. The van der Waals surface area contributed by atoms with Crippen molar-refractivity contribution >= 4 is 16.0 Å². The van der Waals surface area contributed by atoms with E-state index in [0.717, 1.165) is 6.42 Å². The van der Waals surface area contributed by atoms with Gasteiger partial charge in [-0.05, 0) is 30.2 Å². The third kappa shape index (κ3) is 6.60. The average molecular weight is 435 g/mol. The molecule has 0 radical (unpaired) electrons. The zero-order valence-corrected chi connectivity index (χ0v) is 17.8. The van der Waals surface area contributed by atoms with Crippen LogP contribution in [-0.4, -0.2) is 56.9 Å². The van der Waals surface area contributed by atoms with E-state index in [2.05, 4.69) is 41.6 Å². The molecule has 1 fully saturated rings. The molecule has 29 heavy (non-hydrogen) atoms. The summed E-state index contributed by atoms with van der Waals surface area (Å²) in [4.78, 5) is 4.18. The molecule has 1 aliphatic heterocycles. The number of guanidine groups is 1. The smallest absolute Gasteiger partial charge is 0.356 e. The molecule has 1 aliphatic rings. The van der Waals surface area contributed by atoms with Gasteiger partial charge in [0, 0.05) is 32.7 Å². The molecule has 0 unspecified atom stereocenters. The molecular formula is C19H29F3N4O2S. The van der Waals surface area contributed by atoms with Gasteiger partial charge in [0.1, 0.15) is 0 Å². The third-order valence-corrected chi connectivity index (χ3v) is 6.54. The Morgan fingerprint density at radius 3 is 2.28 bits per heavy atom. The minimum Gasteiger partial charge on any atom is -0.356 e. The first-order valence-corrected chi connectivity index (χ1v) is 11.0. The van der Waals surface area contributed by atoms with Crippen molar-refractivity contribution in [1.82, 2.24) is 14.9 Å². The van der Waals surface area contributed by atoms with Crippen molar-refractivity contribution in [2.45, 2.75) is 44.7 Å². The number of piperidine rings is 1. The highest BCUT2D eigenvalue weighted by atomic mass is 32.2. The SMILES string of the molecule is CN=C(NCC(C)(C)Cc1ccccc1)NC1CCN(S(=O)(=O)C(F)(F)F)CC1. The molecule has 0 bridgehead atoms. The normalized spacial score (nSPS) is 17.9. The van der Waals surface area contributed by atoms with Gasteiger partial charge in [-0.25, -0.2) is 8.42 Å².